The van der Waals surface area contributed by atoms with E-state index in [1.54, 1.807) is 30.3 Å². The summed E-state index contributed by atoms with van der Waals surface area (Å²) >= 11 is 11.3. The molecule has 11 heteroatoms. The van der Waals surface area contributed by atoms with E-state index >= 15 is 0 Å². The highest BCUT2D eigenvalue weighted by Gasteiger charge is 2.12. The van der Waals surface area contributed by atoms with Crippen molar-refractivity contribution >= 4 is 51.6 Å². The van der Waals surface area contributed by atoms with Crippen LogP contribution in [-0.2, 0) is 25.7 Å². The molecule has 0 aliphatic heterocycles. The Morgan fingerprint density at radius 2 is 0.977 bits per heavy atom. The number of benzene rings is 4. The number of hydrogen-bond donors (Lipinski definition) is 3. The van der Waals surface area contributed by atoms with Gasteiger partial charge in [-0.15, -0.1) is 0 Å². The van der Waals surface area contributed by atoms with Crippen LogP contribution >= 0.6 is 23.2 Å². The van der Waals surface area contributed by atoms with Crippen LogP contribution in [-0.4, -0.2) is 9.85 Å². The van der Waals surface area contributed by atoms with E-state index in [9.17, 15) is 20.2 Å². The first-order chi connectivity index (χ1) is 20.4. The lowest BCUT2D eigenvalue weighted by molar-refractivity contribution is -0.385. The molecule has 0 spiro atoms. The fourth-order valence-electron chi connectivity index (χ4n) is 3.70. The average Bonchev–Trinajstić information content (AvgIpc) is 2.98. The molecule has 0 amide bonds. The van der Waals surface area contributed by atoms with Crippen molar-refractivity contribution in [1.29, 1.82) is 0 Å². The number of anilines is 3. The zero-order valence-corrected chi connectivity index (χ0v) is 26.4. The Bertz CT molecular complexity index is 1420. The molecular weight excluding hydrogens is 589 g/mol. The molecule has 6 N–H and O–H groups in total. The number of nitrogens with two attached hydrogens (primary N) is 3. The number of nitrogens with zero attached hydrogens (tertiary/aromatic N) is 2. The fraction of sp³-hybridized carbons (Fsp3) is 0.250. The summed E-state index contributed by atoms with van der Waals surface area (Å²) in [6.07, 6.45) is 3.34. The molecule has 0 unspecified atom stereocenters. The lowest BCUT2D eigenvalue weighted by Crippen LogP contribution is -1.95. The molecular formula is C32H39Cl2N5O4. The van der Waals surface area contributed by atoms with Crippen molar-refractivity contribution in [2.75, 3.05) is 17.2 Å². The number of nitro groups is 2. The highest BCUT2D eigenvalue weighted by molar-refractivity contribution is 6.31. The Morgan fingerprint density at radius 1 is 0.558 bits per heavy atom. The van der Waals surface area contributed by atoms with Crippen LogP contribution in [0.3, 0.4) is 0 Å². The zero-order chi connectivity index (χ0) is 32.5. The molecule has 4 aromatic rings. The van der Waals surface area contributed by atoms with E-state index in [-0.39, 0.29) is 11.4 Å². The smallest absolute Gasteiger partial charge is 0.274 e. The second kappa shape index (κ2) is 19.0. The molecule has 4 aromatic carbocycles. The third kappa shape index (κ3) is 13.0. The summed E-state index contributed by atoms with van der Waals surface area (Å²) in [5.74, 6) is 0. The van der Waals surface area contributed by atoms with Gasteiger partial charge in [0.1, 0.15) is 0 Å². The van der Waals surface area contributed by atoms with Crippen molar-refractivity contribution in [3.8, 4) is 0 Å². The average molecular weight is 629 g/mol. The first-order valence-electron chi connectivity index (χ1n) is 13.7. The van der Waals surface area contributed by atoms with Gasteiger partial charge in [0.05, 0.1) is 9.85 Å². The van der Waals surface area contributed by atoms with Crippen LogP contribution < -0.4 is 17.2 Å². The molecule has 0 aliphatic carbocycles. The zero-order valence-electron chi connectivity index (χ0n) is 24.8. The van der Waals surface area contributed by atoms with Gasteiger partial charge in [-0.05, 0) is 73.2 Å². The standard InChI is InChI=1S/C8H8ClNO2.C8H10ClN.C8H10N2O2.C8H11N/c1-2-6-3-4-7(9)5-8(6)10(11)12;1-2-6-3-4-7(9)5-8(6)10;1-2-6-3-4-7(9)5-8(6)10(11)12;1-2-7-3-5-8(9)6-4-7/h3-5H,2H2,1H3;3-5H,2,10H2,1H3;3-5H,2,9H2,1H3;3-6H,2,9H2,1H3. The summed E-state index contributed by atoms with van der Waals surface area (Å²) in [4.78, 5) is 20.1. The van der Waals surface area contributed by atoms with Crippen LogP contribution in [0.1, 0.15) is 49.9 Å². The van der Waals surface area contributed by atoms with Crippen LogP contribution in [0, 0.1) is 20.2 Å². The number of hydrogen-bond acceptors (Lipinski definition) is 7. The third-order valence-corrected chi connectivity index (χ3v) is 6.66. The van der Waals surface area contributed by atoms with Gasteiger partial charge in [0, 0.05) is 50.4 Å². The van der Waals surface area contributed by atoms with E-state index in [0.29, 0.717) is 39.7 Å². The maximum atomic E-state index is 10.5. The highest BCUT2D eigenvalue weighted by atomic mass is 35.5. The van der Waals surface area contributed by atoms with Gasteiger partial charge in [0.25, 0.3) is 11.4 Å². The van der Waals surface area contributed by atoms with Crippen LogP contribution in [0.4, 0.5) is 28.4 Å². The van der Waals surface area contributed by atoms with E-state index in [4.69, 9.17) is 40.4 Å². The Balaban J connectivity index is 0.000000289. The molecule has 0 atom stereocenters. The van der Waals surface area contributed by atoms with Gasteiger partial charge in [0.2, 0.25) is 0 Å². The van der Waals surface area contributed by atoms with Crippen molar-refractivity contribution in [3.63, 3.8) is 0 Å². The van der Waals surface area contributed by atoms with Crippen molar-refractivity contribution in [3.05, 3.63) is 131 Å². The number of halogens is 2. The van der Waals surface area contributed by atoms with Gasteiger partial charge in [-0.2, -0.15) is 0 Å². The molecule has 0 saturated heterocycles. The largest absolute Gasteiger partial charge is 0.399 e. The summed E-state index contributed by atoms with van der Waals surface area (Å²) in [5.41, 5.74) is 22.7. The summed E-state index contributed by atoms with van der Waals surface area (Å²) in [5, 5.41) is 22.1. The predicted octanol–water partition coefficient (Wildman–Crippen LogP) is 8.87. The van der Waals surface area contributed by atoms with Gasteiger partial charge >= 0.3 is 0 Å². The first-order valence-corrected chi connectivity index (χ1v) is 14.5. The number of rotatable bonds is 6. The second-order valence-electron chi connectivity index (χ2n) is 9.17. The van der Waals surface area contributed by atoms with E-state index < -0.39 is 9.85 Å². The van der Waals surface area contributed by atoms with E-state index in [1.807, 2.05) is 38.1 Å². The van der Waals surface area contributed by atoms with Gasteiger partial charge in [-0.3, -0.25) is 20.2 Å². The van der Waals surface area contributed by atoms with Crippen molar-refractivity contribution in [1.82, 2.24) is 0 Å². The van der Waals surface area contributed by atoms with Gasteiger partial charge < -0.3 is 17.2 Å². The molecule has 43 heavy (non-hydrogen) atoms. The van der Waals surface area contributed by atoms with Crippen LogP contribution in [0.25, 0.3) is 0 Å². The Kier molecular flexibility index (Phi) is 16.2. The molecule has 0 fully saturated rings. The van der Waals surface area contributed by atoms with E-state index in [0.717, 1.165) is 29.8 Å². The number of aryl methyl sites for hydroxylation is 4. The Hall–Kier alpha value is -4.34. The van der Waals surface area contributed by atoms with E-state index in [2.05, 4.69) is 26.0 Å². The van der Waals surface area contributed by atoms with Crippen molar-refractivity contribution in [2.45, 2.75) is 53.4 Å². The molecule has 0 saturated carbocycles. The summed E-state index contributed by atoms with van der Waals surface area (Å²) < 4.78 is 0. The number of nitro benzene ring substituents is 2. The number of nitrogen functional groups attached to an aromatic ring is 3. The summed E-state index contributed by atoms with van der Waals surface area (Å²) in [6, 6.07) is 23.0. The molecule has 0 radical (unpaired) electrons. The minimum absolute atomic E-state index is 0.102. The molecule has 0 aliphatic rings. The predicted molar refractivity (Wildman–Crippen MR) is 180 cm³/mol. The Morgan fingerprint density at radius 3 is 1.42 bits per heavy atom. The molecule has 0 heterocycles. The third-order valence-electron chi connectivity index (χ3n) is 6.19. The quantitative estimate of drug-likeness (QED) is 0.109. The van der Waals surface area contributed by atoms with Gasteiger partial charge in [-0.25, -0.2) is 0 Å². The normalized spacial score (nSPS) is 9.72. The Labute approximate surface area is 262 Å². The molecule has 0 aromatic heterocycles. The van der Waals surface area contributed by atoms with Crippen LogP contribution in [0.15, 0.2) is 78.9 Å². The maximum absolute atomic E-state index is 10.5. The first kappa shape index (κ1) is 36.7. The lowest BCUT2D eigenvalue weighted by atomic mass is 10.1. The van der Waals surface area contributed by atoms with Crippen molar-refractivity contribution < 1.29 is 9.85 Å². The molecule has 4 rings (SSSR count). The minimum Gasteiger partial charge on any atom is -0.399 e. The lowest BCUT2D eigenvalue weighted by Gasteiger charge is -2.00. The maximum Gasteiger partial charge on any atom is 0.274 e. The van der Waals surface area contributed by atoms with Gasteiger partial charge in [-0.1, -0.05) is 81.2 Å². The minimum atomic E-state index is -0.412. The topological polar surface area (TPSA) is 164 Å². The monoisotopic (exact) mass is 627 g/mol. The molecule has 9 nitrogen and oxygen atoms in total. The summed E-state index contributed by atoms with van der Waals surface area (Å²) in [7, 11) is 0. The van der Waals surface area contributed by atoms with Crippen molar-refractivity contribution in [2.24, 2.45) is 0 Å². The van der Waals surface area contributed by atoms with Crippen LogP contribution in [0.2, 0.25) is 10.0 Å². The molecule has 230 valence electrons. The van der Waals surface area contributed by atoms with Crippen LogP contribution in [0.5, 0.6) is 0 Å². The van der Waals surface area contributed by atoms with E-state index in [1.165, 1.54) is 17.7 Å². The summed E-state index contributed by atoms with van der Waals surface area (Å²) in [6.45, 7) is 7.94. The highest BCUT2D eigenvalue weighted by Crippen LogP contribution is 2.23. The molecule has 0 bridgehead atoms. The second-order valence-corrected chi connectivity index (χ2v) is 10.0. The fourth-order valence-corrected chi connectivity index (χ4v) is 4.04. The van der Waals surface area contributed by atoms with Gasteiger partial charge in [0.15, 0.2) is 0 Å². The SMILES string of the molecule is CCc1ccc(Cl)cc1N.CCc1ccc(Cl)cc1[N+](=O)[O-].CCc1ccc(N)cc1.CCc1ccc(N)cc1[N+](=O)[O-].